The number of hydrogen-bond donors (Lipinski definition) is 3. The molecule has 1 rings (SSSR count). The Bertz CT molecular complexity index is 404. The van der Waals surface area contributed by atoms with Crippen LogP contribution in [0.5, 0.6) is 0 Å². The van der Waals surface area contributed by atoms with E-state index in [1.807, 2.05) is 7.05 Å². The van der Waals surface area contributed by atoms with Crippen LogP contribution in [0.15, 0.2) is 24.3 Å². The Morgan fingerprint density at radius 3 is 2.76 bits per heavy atom. The molecule has 0 saturated heterocycles. The summed E-state index contributed by atoms with van der Waals surface area (Å²) in [5.41, 5.74) is 0.678. The van der Waals surface area contributed by atoms with Gasteiger partial charge >= 0.3 is 5.97 Å². The molecule has 0 saturated carbocycles. The van der Waals surface area contributed by atoms with Crippen LogP contribution in [0.1, 0.15) is 23.2 Å². The molecule has 5 nitrogen and oxygen atoms in total. The maximum Gasteiger partial charge on any atom is 0.335 e. The average molecular weight is 236 g/mol. The molecule has 1 amide bonds. The molecule has 0 spiro atoms. The van der Waals surface area contributed by atoms with Crippen molar-refractivity contribution in [3.05, 3.63) is 29.8 Å². The Morgan fingerprint density at radius 2 is 2.12 bits per heavy atom. The smallest absolute Gasteiger partial charge is 0.335 e. The van der Waals surface area contributed by atoms with E-state index >= 15 is 0 Å². The van der Waals surface area contributed by atoms with Crippen molar-refractivity contribution in [3.8, 4) is 0 Å². The standard InChI is InChI=1S/C12H16N2O3/c1-13-7-3-6-11(15)14-10-5-2-4-9(8-10)12(16)17/h2,4-5,8,13H,3,6-7H2,1H3,(H,14,15)(H,16,17). The molecule has 0 atom stereocenters. The number of nitrogens with one attached hydrogen (secondary N) is 2. The van der Waals surface area contributed by atoms with Gasteiger partial charge in [0.25, 0.3) is 0 Å². The number of carboxylic acids is 1. The minimum absolute atomic E-state index is 0.109. The van der Waals surface area contributed by atoms with Crippen molar-refractivity contribution in [2.24, 2.45) is 0 Å². The quantitative estimate of drug-likeness (QED) is 0.651. The molecular weight excluding hydrogens is 220 g/mol. The minimum atomic E-state index is -1.00. The van der Waals surface area contributed by atoms with Gasteiger partial charge in [-0.3, -0.25) is 4.79 Å². The third-order valence-electron chi connectivity index (χ3n) is 2.22. The van der Waals surface area contributed by atoms with Gasteiger partial charge in [-0.2, -0.15) is 0 Å². The number of hydrogen-bond acceptors (Lipinski definition) is 3. The van der Waals surface area contributed by atoms with E-state index in [0.29, 0.717) is 12.1 Å². The summed E-state index contributed by atoms with van der Waals surface area (Å²) < 4.78 is 0. The molecule has 1 aromatic rings. The lowest BCUT2D eigenvalue weighted by Gasteiger charge is -2.05. The lowest BCUT2D eigenvalue weighted by Crippen LogP contribution is -2.15. The molecule has 17 heavy (non-hydrogen) atoms. The van der Waals surface area contributed by atoms with Crippen molar-refractivity contribution in [2.45, 2.75) is 12.8 Å². The van der Waals surface area contributed by atoms with Gasteiger partial charge in [0.05, 0.1) is 5.56 Å². The summed E-state index contributed by atoms with van der Waals surface area (Å²) >= 11 is 0. The molecule has 0 aliphatic heterocycles. The molecule has 0 heterocycles. The van der Waals surface area contributed by atoms with E-state index in [-0.39, 0.29) is 11.5 Å². The molecular formula is C12H16N2O3. The number of carbonyl (C=O) groups is 2. The number of rotatable bonds is 6. The highest BCUT2D eigenvalue weighted by molar-refractivity contribution is 5.93. The molecule has 0 aliphatic carbocycles. The van der Waals surface area contributed by atoms with E-state index in [9.17, 15) is 9.59 Å². The minimum Gasteiger partial charge on any atom is -0.478 e. The summed E-state index contributed by atoms with van der Waals surface area (Å²) in [5.74, 6) is -1.11. The molecule has 0 aromatic heterocycles. The van der Waals surface area contributed by atoms with Gasteiger partial charge in [-0.1, -0.05) is 6.07 Å². The van der Waals surface area contributed by atoms with Crippen LogP contribution in [0.2, 0.25) is 0 Å². The van der Waals surface area contributed by atoms with Gasteiger partial charge in [0.15, 0.2) is 0 Å². The maximum atomic E-state index is 11.5. The van der Waals surface area contributed by atoms with Gasteiger partial charge < -0.3 is 15.7 Å². The highest BCUT2D eigenvalue weighted by Gasteiger charge is 2.05. The Labute approximate surface area is 99.8 Å². The number of amides is 1. The summed E-state index contributed by atoms with van der Waals surface area (Å²) in [6.45, 7) is 0.780. The van der Waals surface area contributed by atoms with Crippen LogP contribution in [0.3, 0.4) is 0 Å². The third kappa shape index (κ3) is 4.65. The molecule has 5 heteroatoms. The van der Waals surface area contributed by atoms with Gasteiger partial charge in [-0.15, -0.1) is 0 Å². The van der Waals surface area contributed by atoms with Crippen molar-refractivity contribution in [1.82, 2.24) is 5.32 Å². The molecule has 3 N–H and O–H groups in total. The van der Waals surface area contributed by atoms with Crippen LogP contribution in [0.25, 0.3) is 0 Å². The zero-order chi connectivity index (χ0) is 12.7. The zero-order valence-electron chi connectivity index (χ0n) is 9.69. The van der Waals surface area contributed by atoms with Crippen molar-refractivity contribution in [1.29, 1.82) is 0 Å². The largest absolute Gasteiger partial charge is 0.478 e. The first kappa shape index (κ1) is 13.2. The van der Waals surface area contributed by atoms with E-state index < -0.39 is 5.97 Å². The van der Waals surface area contributed by atoms with Crippen LogP contribution < -0.4 is 10.6 Å². The fraction of sp³-hybridized carbons (Fsp3) is 0.333. The SMILES string of the molecule is CNCCCC(=O)Nc1cccc(C(=O)O)c1. The summed E-state index contributed by atoms with van der Waals surface area (Å²) in [5, 5.41) is 14.4. The molecule has 0 fully saturated rings. The summed E-state index contributed by atoms with van der Waals surface area (Å²) in [7, 11) is 1.83. The van der Waals surface area contributed by atoms with Crippen molar-refractivity contribution < 1.29 is 14.7 Å². The molecule has 0 unspecified atom stereocenters. The predicted octanol–water partition coefficient (Wildman–Crippen LogP) is 1.32. The molecule has 0 aliphatic rings. The first-order valence-corrected chi connectivity index (χ1v) is 5.41. The Balaban J connectivity index is 2.53. The van der Waals surface area contributed by atoms with Crippen LogP contribution >= 0.6 is 0 Å². The lowest BCUT2D eigenvalue weighted by molar-refractivity contribution is -0.116. The van der Waals surface area contributed by atoms with E-state index in [2.05, 4.69) is 10.6 Å². The maximum absolute atomic E-state index is 11.5. The summed E-state index contributed by atoms with van der Waals surface area (Å²) in [6.07, 6.45) is 1.17. The number of aromatic carboxylic acids is 1. The van der Waals surface area contributed by atoms with Gasteiger partial charge in [-0.05, 0) is 38.2 Å². The zero-order valence-corrected chi connectivity index (χ0v) is 9.69. The van der Waals surface area contributed by atoms with E-state index in [4.69, 9.17) is 5.11 Å². The van der Waals surface area contributed by atoms with Gasteiger partial charge in [0.1, 0.15) is 0 Å². The number of anilines is 1. The molecule has 1 aromatic carbocycles. The fourth-order valence-electron chi connectivity index (χ4n) is 1.38. The van der Waals surface area contributed by atoms with Crippen molar-refractivity contribution in [3.63, 3.8) is 0 Å². The van der Waals surface area contributed by atoms with E-state index in [1.54, 1.807) is 12.1 Å². The second kappa shape index (κ2) is 6.65. The van der Waals surface area contributed by atoms with Crippen molar-refractivity contribution in [2.75, 3.05) is 18.9 Å². The van der Waals surface area contributed by atoms with Gasteiger partial charge in [-0.25, -0.2) is 4.79 Å². The fourth-order valence-corrected chi connectivity index (χ4v) is 1.38. The number of carboxylic acid groups (broad SMARTS) is 1. The normalized spacial score (nSPS) is 9.94. The Kier molecular flexibility index (Phi) is 5.16. The van der Waals surface area contributed by atoms with Crippen LogP contribution in [0.4, 0.5) is 5.69 Å². The predicted molar refractivity (Wildman–Crippen MR) is 65.2 cm³/mol. The summed E-state index contributed by atoms with van der Waals surface area (Å²) in [4.78, 5) is 22.2. The Morgan fingerprint density at radius 1 is 1.35 bits per heavy atom. The lowest BCUT2D eigenvalue weighted by atomic mass is 10.2. The second-order valence-corrected chi connectivity index (χ2v) is 3.64. The third-order valence-corrected chi connectivity index (χ3v) is 2.22. The second-order valence-electron chi connectivity index (χ2n) is 3.64. The van der Waals surface area contributed by atoms with Crippen LogP contribution in [0, 0.1) is 0 Å². The van der Waals surface area contributed by atoms with E-state index in [1.165, 1.54) is 12.1 Å². The first-order chi connectivity index (χ1) is 8.13. The van der Waals surface area contributed by atoms with Crippen LogP contribution in [-0.2, 0) is 4.79 Å². The first-order valence-electron chi connectivity index (χ1n) is 5.41. The summed E-state index contributed by atoms with van der Waals surface area (Å²) in [6, 6.07) is 6.20. The molecule has 92 valence electrons. The van der Waals surface area contributed by atoms with Gasteiger partial charge in [0.2, 0.25) is 5.91 Å². The highest BCUT2D eigenvalue weighted by Crippen LogP contribution is 2.11. The van der Waals surface area contributed by atoms with Crippen LogP contribution in [-0.4, -0.2) is 30.6 Å². The topological polar surface area (TPSA) is 78.4 Å². The Hall–Kier alpha value is -1.88. The average Bonchev–Trinajstić information content (AvgIpc) is 2.29. The molecule has 0 radical (unpaired) electrons. The van der Waals surface area contributed by atoms with Gasteiger partial charge in [0, 0.05) is 12.1 Å². The monoisotopic (exact) mass is 236 g/mol. The number of benzene rings is 1. The number of carbonyl (C=O) groups excluding carboxylic acids is 1. The van der Waals surface area contributed by atoms with Crippen molar-refractivity contribution >= 4 is 17.6 Å². The van der Waals surface area contributed by atoms with E-state index in [0.717, 1.165) is 13.0 Å². The molecule has 0 bridgehead atoms. The highest BCUT2D eigenvalue weighted by atomic mass is 16.4.